The zero-order valence-electron chi connectivity index (χ0n) is 11.7. The highest BCUT2D eigenvalue weighted by Gasteiger charge is 2.17. The molecule has 0 radical (unpaired) electrons. The van der Waals surface area contributed by atoms with Gasteiger partial charge in [-0.1, -0.05) is 28.6 Å². The predicted octanol–water partition coefficient (Wildman–Crippen LogP) is 2.51. The molecule has 1 aromatic carbocycles. The van der Waals surface area contributed by atoms with Gasteiger partial charge in [0.05, 0.1) is 17.3 Å². The first-order chi connectivity index (χ1) is 10.0. The van der Waals surface area contributed by atoms with E-state index in [-0.39, 0.29) is 12.5 Å². The van der Waals surface area contributed by atoms with Crippen LogP contribution in [0.3, 0.4) is 0 Å². The Labute approximate surface area is 127 Å². The van der Waals surface area contributed by atoms with Crippen molar-refractivity contribution in [3.05, 3.63) is 45.8 Å². The molecule has 2 aromatic rings. The molecule has 0 aliphatic rings. The molecule has 0 aliphatic carbocycles. The fourth-order valence-electron chi connectivity index (χ4n) is 1.85. The fraction of sp³-hybridized carbons (Fsp3) is 0.200. The molecule has 0 spiro atoms. The summed E-state index contributed by atoms with van der Waals surface area (Å²) in [6, 6.07) is 5.07. The van der Waals surface area contributed by atoms with Crippen molar-refractivity contribution in [2.75, 3.05) is 11.9 Å². The van der Waals surface area contributed by atoms with Crippen molar-refractivity contribution in [3.63, 3.8) is 0 Å². The van der Waals surface area contributed by atoms with Gasteiger partial charge in [0.1, 0.15) is 11.3 Å². The minimum atomic E-state index is -0.286. The molecule has 0 bridgehead atoms. The van der Waals surface area contributed by atoms with E-state index in [4.69, 9.17) is 21.9 Å². The number of rotatable bonds is 2. The van der Waals surface area contributed by atoms with Crippen molar-refractivity contribution in [2.24, 2.45) is 5.73 Å². The van der Waals surface area contributed by atoms with Crippen molar-refractivity contribution in [3.8, 4) is 11.8 Å². The third-order valence-electron chi connectivity index (χ3n) is 2.81. The normalized spacial score (nSPS) is 9.90. The van der Waals surface area contributed by atoms with Crippen LogP contribution < -0.4 is 11.1 Å². The SMILES string of the molecule is Cc1noc(C)c1C(=O)Nc1ccc(Cl)c(C#CCN)c1. The van der Waals surface area contributed by atoms with Gasteiger partial charge in [0.2, 0.25) is 0 Å². The van der Waals surface area contributed by atoms with Crippen molar-refractivity contribution in [1.29, 1.82) is 0 Å². The number of hydrogen-bond donors (Lipinski definition) is 2. The molecule has 1 amide bonds. The highest BCUT2D eigenvalue weighted by atomic mass is 35.5. The van der Waals surface area contributed by atoms with Crippen LogP contribution in [0.1, 0.15) is 27.4 Å². The first kappa shape index (κ1) is 15.1. The fourth-order valence-corrected chi connectivity index (χ4v) is 2.01. The number of amides is 1. The van der Waals surface area contributed by atoms with Crippen molar-refractivity contribution >= 4 is 23.2 Å². The maximum atomic E-state index is 12.2. The Balaban J connectivity index is 2.26. The van der Waals surface area contributed by atoms with E-state index in [2.05, 4.69) is 22.3 Å². The molecule has 0 unspecified atom stereocenters. The van der Waals surface area contributed by atoms with Crippen molar-refractivity contribution in [2.45, 2.75) is 13.8 Å². The van der Waals surface area contributed by atoms with Gasteiger partial charge < -0.3 is 15.6 Å². The Kier molecular flexibility index (Phi) is 4.63. The lowest BCUT2D eigenvalue weighted by molar-refractivity contribution is 0.102. The maximum absolute atomic E-state index is 12.2. The summed E-state index contributed by atoms with van der Waals surface area (Å²) in [5, 5.41) is 7.04. The first-order valence-corrected chi connectivity index (χ1v) is 6.63. The summed E-state index contributed by atoms with van der Waals surface area (Å²) < 4.78 is 4.98. The third kappa shape index (κ3) is 3.43. The van der Waals surface area contributed by atoms with Crippen LogP contribution in [0.5, 0.6) is 0 Å². The largest absolute Gasteiger partial charge is 0.361 e. The van der Waals surface area contributed by atoms with E-state index in [1.165, 1.54) is 0 Å². The lowest BCUT2D eigenvalue weighted by atomic mass is 10.1. The maximum Gasteiger partial charge on any atom is 0.261 e. The van der Waals surface area contributed by atoms with Crippen LogP contribution in [0.4, 0.5) is 5.69 Å². The van der Waals surface area contributed by atoms with E-state index in [1.807, 2.05) is 0 Å². The highest BCUT2D eigenvalue weighted by molar-refractivity contribution is 6.31. The van der Waals surface area contributed by atoms with Gasteiger partial charge >= 0.3 is 0 Å². The van der Waals surface area contributed by atoms with E-state index < -0.39 is 0 Å². The summed E-state index contributed by atoms with van der Waals surface area (Å²) in [6.45, 7) is 3.65. The number of anilines is 1. The third-order valence-corrected chi connectivity index (χ3v) is 3.14. The number of aryl methyl sites for hydroxylation is 2. The molecule has 0 saturated heterocycles. The van der Waals surface area contributed by atoms with Gasteiger partial charge in [-0.3, -0.25) is 4.79 Å². The summed E-state index contributed by atoms with van der Waals surface area (Å²) >= 11 is 6.04. The number of hydrogen-bond acceptors (Lipinski definition) is 4. The summed E-state index contributed by atoms with van der Waals surface area (Å²) in [5.74, 6) is 5.77. The average Bonchev–Trinajstić information content (AvgIpc) is 2.78. The number of aromatic nitrogens is 1. The molecule has 1 aromatic heterocycles. The van der Waals surface area contributed by atoms with E-state index >= 15 is 0 Å². The van der Waals surface area contributed by atoms with E-state index in [9.17, 15) is 4.79 Å². The summed E-state index contributed by atoms with van der Waals surface area (Å²) in [7, 11) is 0. The molecule has 0 atom stereocenters. The molecule has 2 rings (SSSR count). The Bertz CT molecular complexity index is 722. The Morgan fingerprint density at radius 3 is 2.86 bits per heavy atom. The first-order valence-electron chi connectivity index (χ1n) is 6.25. The number of nitrogens with zero attached hydrogens (tertiary/aromatic N) is 1. The minimum Gasteiger partial charge on any atom is -0.361 e. The van der Waals surface area contributed by atoms with Crippen LogP contribution in [-0.2, 0) is 0 Å². The molecular weight excluding hydrogens is 290 g/mol. The van der Waals surface area contributed by atoms with Crippen LogP contribution >= 0.6 is 11.6 Å². The van der Waals surface area contributed by atoms with Gasteiger partial charge in [-0.2, -0.15) is 0 Å². The quantitative estimate of drug-likeness (QED) is 0.835. The number of halogens is 1. The van der Waals surface area contributed by atoms with Crippen LogP contribution in [0.2, 0.25) is 5.02 Å². The van der Waals surface area contributed by atoms with Gasteiger partial charge in [0.25, 0.3) is 5.91 Å². The van der Waals surface area contributed by atoms with Gasteiger partial charge in [-0.05, 0) is 32.0 Å². The summed E-state index contributed by atoms with van der Waals surface area (Å²) in [5.41, 5.74) is 7.51. The second-order valence-corrected chi connectivity index (χ2v) is 4.76. The lowest BCUT2D eigenvalue weighted by Gasteiger charge is -2.06. The molecule has 5 nitrogen and oxygen atoms in total. The zero-order valence-corrected chi connectivity index (χ0v) is 12.4. The lowest BCUT2D eigenvalue weighted by Crippen LogP contribution is -2.13. The summed E-state index contributed by atoms with van der Waals surface area (Å²) in [4.78, 5) is 12.2. The van der Waals surface area contributed by atoms with Crippen molar-refractivity contribution < 1.29 is 9.32 Å². The average molecular weight is 304 g/mol. The van der Waals surface area contributed by atoms with Gasteiger partial charge in [-0.15, -0.1) is 0 Å². The molecule has 0 fully saturated rings. The molecule has 21 heavy (non-hydrogen) atoms. The second kappa shape index (κ2) is 6.44. The molecule has 108 valence electrons. The summed E-state index contributed by atoms with van der Waals surface area (Å²) in [6.07, 6.45) is 0. The zero-order chi connectivity index (χ0) is 15.4. The van der Waals surface area contributed by atoms with Crippen LogP contribution in [0.15, 0.2) is 22.7 Å². The smallest absolute Gasteiger partial charge is 0.261 e. The molecular formula is C15H14ClN3O2. The molecule has 1 heterocycles. The van der Waals surface area contributed by atoms with Gasteiger partial charge in [-0.25, -0.2) is 0 Å². The molecule has 0 aliphatic heterocycles. The number of nitrogens with two attached hydrogens (primary N) is 1. The molecule has 6 heteroatoms. The van der Waals surface area contributed by atoms with Gasteiger partial charge in [0.15, 0.2) is 0 Å². The minimum absolute atomic E-state index is 0.242. The highest BCUT2D eigenvalue weighted by Crippen LogP contribution is 2.21. The van der Waals surface area contributed by atoms with E-state index in [0.717, 1.165) is 0 Å². The van der Waals surface area contributed by atoms with Crippen LogP contribution in [-0.4, -0.2) is 17.6 Å². The number of carbonyl (C=O) groups excluding carboxylic acids is 1. The number of nitrogens with one attached hydrogen (secondary N) is 1. The Morgan fingerprint density at radius 2 is 2.24 bits per heavy atom. The number of benzene rings is 1. The predicted molar refractivity (Wildman–Crippen MR) is 81.3 cm³/mol. The monoisotopic (exact) mass is 303 g/mol. The van der Waals surface area contributed by atoms with E-state index in [1.54, 1.807) is 32.0 Å². The van der Waals surface area contributed by atoms with Crippen LogP contribution in [0, 0.1) is 25.7 Å². The Morgan fingerprint density at radius 1 is 1.48 bits per heavy atom. The van der Waals surface area contributed by atoms with Crippen molar-refractivity contribution in [1.82, 2.24) is 5.16 Å². The van der Waals surface area contributed by atoms with Gasteiger partial charge in [0, 0.05) is 11.3 Å². The number of carbonyl (C=O) groups is 1. The van der Waals surface area contributed by atoms with E-state index in [0.29, 0.717) is 33.3 Å². The Hall–Kier alpha value is -2.29. The second-order valence-electron chi connectivity index (χ2n) is 4.35. The molecule has 3 N–H and O–H groups in total. The topological polar surface area (TPSA) is 81.2 Å². The molecule has 0 saturated carbocycles. The van der Waals surface area contributed by atoms with Crippen LogP contribution in [0.25, 0.3) is 0 Å². The standard InChI is InChI=1S/C15H14ClN3O2/c1-9-14(10(2)21-19-9)15(20)18-12-5-6-13(16)11(8-12)4-3-7-17/h5-6,8H,7,17H2,1-2H3,(H,18,20).